The normalized spacial score (nSPS) is 11.2. The molecule has 2 nitrogen and oxygen atoms in total. The van der Waals surface area contributed by atoms with Crippen LogP contribution in [0.2, 0.25) is 0 Å². The van der Waals surface area contributed by atoms with Crippen LogP contribution >= 0.6 is 0 Å². The number of nitrogens with one attached hydrogen (secondary N) is 1. The molecule has 0 heterocycles. The van der Waals surface area contributed by atoms with E-state index < -0.39 is 0 Å². The van der Waals surface area contributed by atoms with E-state index in [0.717, 1.165) is 22.5 Å². The van der Waals surface area contributed by atoms with Crippen molar-refractivity contribution in [2.24, 2.45) is 5.10 Å². The van der Waals surface area contributed by atoms with Gasteiger partial charge in [0.2, 0.25) is 0 Å². The van der Waals surface area contributed by atoms with Gasteiger partial charge in [0.25, 0.3) is 0 Å². The number of benzene rings is 4. The minimum atomic E-state index is 0.773. The van der Waals surface area contributed by atoms with Crippen molar-refractivity contribution in [3.63, 3.8) is 0 Å². The molecule has 2 heteroatoms. The molecule has 1 N–H and O–H groups in total. The maximum Gasteiger partial charge on any atom is 0.0648 e. The summed E-state index contributed by atoms with van der Waals surface area (Å²) in [6.07, 6.45) is 0. The van der Waals surface area contributed by atoms with Crippen LogP contribution in [-0.4, -0.2) is 5.71 Å². The Balaban J connectivity index is 1.42. The highest BCUT2D eigenvalue weighted by molar-refractivity contribution is 5.99. The molecule has 0 saturated carbocycles. The lowest BCUT2D eigenvalue weighted by molar-refractivity contribution is 0.991. The molecule has 30 heavy (non-hydrogen) atoms. The fourth-order valence-electron chi connectivity index (χ4n) is 3.31. The first-order valence-corrected chi connectivity index (χ1v) is 10.0. The zero-order chi connectivity index (χ0) is 20.8. The summed E-state index contributed by atoms with van der Waals surface area (Å²) in [4.78, 5) is 0. The van der Waals surface area contributed by atoms with Crippen molar-refractivity contribution >= 4 is 11.4 Å². The van der Waals surface area contributed by atoms with E-state index in [1.54, 1.807) is 0 Å². The van der Waals surface area contributed by atoms with Crippen LogP contribution in [0.25, 0.3) is 28.0 Å². The molecule has 0 fully saturated rings. The molecule has 0 bridgehead atoms. The molecular weight excluding hydrogens is 364 g/mol. The Morgan fingerprint density at radius 2 is 0.967 bits per heavy atom. The minimum absolute atomic E-state index is 0.773. The van der Waals surface area contributed by atoms with E-state index in [1.165, 1.54) is 22.3 Å². The Morgan fingerprint density at radius 3 is 1.43 bits per heavy atom. The van der Waals surface area contributed by atoms with Crippen molar-refractivity contribution in [1.29, 1.82) is 0 Å². The summed E-state index contributed by atoms with van der Waals surface area (Å²) in [5.41, 5.74) is 11.7. The van der Waals surface area contributed by atoms with E-state index in [4.69, 9.17) is 0 Å². The van der Waals surface area contributed by atoms with Gasteiger partial charge in [0.1, 0.15) is 0 Å². The first-order valence-electron chi connectivity index (χ1n) is 10.0. The predicted molar refractivity (Wildman–Crippen MR) is 128 cm³/mol. The number of hydrazone groups is 1. The third-order valence-electron chi connectivity index (χ3n) is 5.11. The van der Waals surface area contributed by atoms with Crippen LogP contribution in [-0.2, 0) is 0 Å². The Morgan fingerprint density at radius 1 is 0.567 bits per heavy atom. The molecule has 0 radical (unpaired) electrons. The van der Waals surface area contributed by atoms with Crippen LogP contribution in [0.1, 0.15) is 18.1 Å². The van der Waals surface area contributed by atoms with Crippen LogP contribution in [0.4, 0.5) is 0 Å². The fourth-order valence-corrected chi connectivity index (χ4v) is 3.31. The molecule has 146 valence electrons. The smallest absolute Gasteiger partial charge is 0.0648 e. The predicted octanol–water partition coefficient (Wildman–Crippen LogP) is 7.01. The number of hydrogen-bond acceptors (Lipinski definition) is 2. The quantitative estimate of drug-likeness (QED) is 0.279. The second kappa shape index (κ2) is 9.06. The summed E-state index contributed by atoms with van der Waals surface area (Å²) in [5, 5.41) is 4.52. The molecule has 0 aromatic heterocycles. The van der Waals surface area contributed by atoms with Crippen LogP contribution in [0.15, 0.2) is 121 Å². The summed E-state index contributed by atoms with van der Waals surface area (Å²) >= 11 is 0. The van der Waals surface area contributed by atoms with Crippen LogP contribution in [0.5, 0.6) is 0 Å². The highest BCUT2D eigenvalue weighted by Gasteiger charge is 2.03. The largest absolute Gasteiger partial charge is 0.278 e. The summed E-state index contributed by atoms with van der Waals surface area (Å²) in [6.45, 7) is 6.12. The Hall–Kier alpha value is -3.91. The molecule has 0 saturated heterocycles. The van der Waals surface area contributed by atoms with Crippen LogP contribution < -0.4 is 5.43 Å². The fraction of sp³-hybridized carbons (Fsp3) is 0.0357. The standard InChI is InChI=1S/C28H24N2/c1-21(23-13-17-27(18-14-23)25-9-5-3-6-10-25)29-30-22(2)24-15-19-28(20-16-24)26-11-7-4-8-12-26/h3-20,29H,1H2,2H3/b30-22+. The summed E-state index contributed by atoms with van der Waals surface area (Å²) in [7, 11) is 0. The molecule has 4 rings (SSSR count). The summed E-state index contributed by atoms with van der Waals surface area (Å²) in [6, 6.07) is 37.5. The monoisotopic (exact) mass is 388 g/mol. The molecular formula is C28H24N2. The number of hydrogen-bond donors (Lipinski definition) is 1. The molecule has 0 amide bonds. The van der Waals surface area contributed by atoms with Crippen molar-refractivity contribution < 1.29 is 0 Å². The molecule has 0 aliphatic carbocycles. The molecule has 4 aromatic carbocycles. The van der Waals surface area contributed by atoms with E-state index in [9.17, 15) is 0 Å². The van der Waals surface area contributed by atoms with E-state index in [1.807, 2.05) is 31.2 Å². The van der Waals surface area contributed by atoms with Gasteiger partial charge >= 0.3 is 0 Å². The SMILES string of the molecule is C=C(N/N=C(\C)c1ccc(-c2ccccc2)cc1)c1ccc(-c2ccccc2)cc1. The second-order valence-electron chi connectivity index (χ2n) is 7.17. The highest BCUT2D eigenvalue weighted by Crippen LogP contribution is 2.22. The zero-order valence-corrected chi connectivity index (χ0v) is 17.0. The number of rotatable bonds is 6. The van der Waals surface area contributed by atoms with Crippen molar-refractivity contribution in [3.05, 3.63) is 127 Å². The molecule has 4 aromatic rings. The molecule has 0 aliphatic rings. The van der Waals surface area contributed by atoms with Gasteiger partial charge in [-0.1, -0.05) is 116 Å². The van der Waals surface area contributed by atoms with E-state index in [-0.39, 0.29) is 0 Å². The van der Waals surface area contributed by atoms with Crippen molar-refractivity contribution in [3.8, 4) is 22.3 Å². The average Bonchev–Trinajstić information content (AvgIpc) is 2.83. The van der Waals surface area contributed by atoms with Gasteiger partial charge in [0, 0.05) is 0 Å². The van der Waals surface area contributed by atoms with Gasteiger partial charge in [-0.2, -0.15) is 5.10 Å². The van der Waals surface area contributed by atoms with Crippen LogP contribution in [0, 0.1) is 0 Å². The summed E-state index contributed by atoms with van der Waals surface area (Å²) < 4.78 is 0. The van der Waals surface area contributed by atoms with Gasteiger partial charge in [-0.05, 0) is 40.3 Å². The Labute approximate surface area is 178 Å². The third kappa shape index (κ3) is 4.56. The van der Waals surface area contributed by atoms with Gasteiger partial charge in [0.15, 0.2) is 0 Å². The maximum absolute atomic E-state index is 4.52. The zero-order valence-electron chi connectivity index (χ0n) is 17.0. The average molecular weight is 389 g/mol. The third-order valence-corrected chi connectivity index (χ3v) is 5.11. The van der Waals surface area contributed by atoms with Gasteiger partial charge in [-0.3, -0.25) is 5.43 Å². The number of nitrogens with zero attached hydrogens (tertiary/aromatic N) is 1. The molecule has 0 spiro atoms. The molecule has 0 aliphatic heterocycles. The van der Waals surface area contributed by atoms with Crippen molar-refractivity contribution in [1.82, 2.24) is 5.43 Å². The first kappa shape index (κ1) is 19.4. The minimum Gasteiger partial charge on any atom is -0.278 e. The van der Waals surface area contributed by atoms with Crippen molar-refractivity contribution in [2.45, 2.75) is 6.92 Å². The Kier molecular flexibility index (Phi) is 5.86. The van der Waals surface area contributed by atoms with Gasteiger partial charge in [-0.15, -0.1) is 0 Å². The van der Waals surface area contributed by atoms with E-state index in [2.05, 4.69) is 102 Å². The van der Waals surface area contributed by atoms with Crippen LogP contribution in [0.3, 0.4) is 0 Å². The van der Waals surface area contributed by atoms with Gasteiger partial charge < -0.3 is 0 Å². The van der Waals surface area contributed by atoms with E-state index >= 15 is 0 Å². The summed E-state index contributed by atoms with van der Waals surface area (Å²) in [5.74, 6) is 0. The molecule has 0 atom stereocenters. The lowest BCUT2D eigenvalue weighted by Crippen LogP contribution is -2.07. The lowest BCUT2D eigenvalue weighted by atomic mass is 10.0. The van der Waals surface area contributed by atoms with Gasteiger partial charge in [-0.25, -0.2) is 0 Å². The Bertz CT molecular complexity index is 1140. The second-order valence-corrected chi connectivity index (χ2v) is 7.17. The van der Waals surface area contributed by atoms with Gasteiger partial charge in [0.05, 0.1) is 11.4 Å². The topological polar surface area (TPSA) is 24.4 Å². The highest BCUT2D eigenvalue weighted by atomic mass is 15.3. The first-order chi connectivity index (χ1) is 14.7. The van der Waals surface area contributed by atoms with Crippen molar-refractivity contribution in [2.75, 3.05) is 0 Å². The van der Waals surface area contributed by atoms with E-state index in [0.29, 0.717) is 0 Å². The lowest BCUT2D eigenvalue weighted by Gasteiger charge is -2.09. The maximum atomic E-state index is 4.52. The molecule has 0 unspecified atom stereocenters.